The fraction of sp³-hybridized carbons (Fsp3) is 0.571. The van der Waals surface area contributed by atoms with E-state index in [1.54, 1.807) is 0 Å². The number of anilines is 2. The second-order valence-corrected chi connectivity index (χ2v) is 6.55. The molecule has 3 N–H and O–H groups in total. The second kappa shape index (κ2) is 5.46. The van der Waals surface area contributed by atoms with Crippen LogP contribution in [-0.2, 0) is 0 Å². The molecule has 2 rings (SSSR count). The third kappa shape index (κ3) is 3.27. The Morgan fingerprint density at radius 3 is 2.71 bits per heavy atom. The maximum atomic E-state index is 5.77. The van der Waals surface area contributed by atoms with Crippen molar-refractivity contribution in [1.29, 1.82) is 0 Å². The number of nitrogens with two attached hydrogens (primary N) is 1. The van der Waals surface area contributed by atoms with Gasteiger partial charge in [0.1, 0.15) is 0 Å². The van der Waals surface area contributed by atoms with Gasteiger partial charge in [0.05, 0.1) is 0 Å². The molecule has 3 unspecified atom stereocenters. The number of hydrogen-bond acceptors (Lipinski definition) is 2. The fourth-order valence-corrected chi connectivity index (χ4v) is 3.42. The van der Waals surface area contributed by atoms with E-state index in [2.05, 4.69) is 47.8 Å². The third-order valence-corrected chi connectivity index (χ3v) is 4.66. The molecule has 0 aromatic heterocycles. The Labute approximate surface area is 117 Å². The van der Waals surface area contributed by atoms with Crippen LogP contribution >= 0.6 is 22.6 Å². The van der Waals surface area contributed by atoms with Crippen molar-refractivity contribution >= 4 is 34.0 Å². The Hall–Kier alpha value is -0.450. The van der Waals surface area contributed by atoms with E-state index in [-0.39, 0.29) is 0 Å². The van der Waals surface area contributed by atoms with Crippen molar-refractivity contribution in [3.05, 3.63) is 21.8 Å². The van der Waals surface area contributed by atoms with Crippen LogP contribution in [-0.4, -0.2) is 6.04 Å². The van der Waals surface area contributed by atoms with Crippen LogP contribution < -0.4 is 11.1 Å². The molecule has 1 fully saturated rings. The highest BCUT2D eigenvalue weighted by molar-refractivity contribution is 14.1. The molecule has 0 saturated heterocycles. The average Bonchev–Trinajstić information content (AvgIpc) is 2.25. The van der Waals surface area contributed by atoms with Crippen LogP contribution in [0.25, 0.3) is 0 Å². The predicted molar refractivity (Wildman–Crippen MR) is 83.2 cm³/mol. The fourth-order valence-electron chi connectivity index (χ4n) is 2.73. The van der Waals surface area contributed by atoms with Crippen LogP contribution in [0.3, 0.4) is 0 Å². The zero-order valence-electron chi connectivity index (χ0n) is 10.5. The zero-order chi connectivity index (χ0) is 12.4. The summed E-state index contributed by atoms with van der Waals surface area (Å²) < 4.78 is 1.22. The molecular formula is C14H21IN2. The van der Waals surface area contributed by atoms with Crippen LogP contribution in [0.1, 0.15) is 33.1 Å². The Morgan fingerprint density at radius 2 is 2.06 bits per heavy atom. The van der Waals surface area contributed by atoms with Crippen molar-refractivity contribution in [3.63, 3.8) is 0 Å². The SMILES string of the molecule is CC1CCC(Nc2ccc(N)cc2I)C(C)C1. The van der Waals surface area contributed by atoms with Gasteiger partial charge in [0.25, 0.3) is 0 Å². The summed E-state index contributed by atoms with van der Waals surface area (Å²) in [5, 5.41) is 3.68. The zero-order valence-corrected chi connectivity index (χ0v) is 12.7. The van der Waals surface area contributed by atoms with Crippen LogP contribution in [0.4, 0.5) is 11.4 Å². The lowest BCUT2D eigenvalue weighted by Gasteiger charge is -2.34. The summed E-state index contributed by atoms with van der Waals surface area (Å²) in [5.74, 6) is 1.64. The van der Waals surface area contributed by atoms with E-state index in [0.717, 1.165) is 17.5 Å². The standard InChI is InChI=1S/C14H21IN2/c1-9-3-5-13(10(2)7-9)17-14-6-4-11(16)8-12(14)15/h4,6,8-10,13,17H,3,5,7,16H2,1-2H3. The van der Waals surface area contributed by atoms with Gasteiger partial charge in [0.15, 0.2) is 0 Å². The first-order valence-electron chi connectivity index (χ1n) is 6.38. The minimum absolute atomic E-state index is 0.614. The van der Waals surface area contributed by atoms with Gasteiger partial charge < -0.3 is 11.1 Å². The van der Waals surface area contributed by atoms with Crippen LogP contribution in [0.5, 0.6) is 0 Å². The molecule has 0 bridgehead atoms. The number of benzene rings is 1. The van der Waals surface area contributed by atoms with E-state index in [9.17, 15) is 0 Å². The molecule has 1 aromatic rings. The maximum absolute atomic E-state index is 5.77. The molecule has 0 spiro atoms. The van der Waals surface area contributed by atoms with Crippen LogP contribution in [0.15, 0.2) is 18.2 Å². The number of hydrogen-bond donors (Lipinski definition) is 2. The molecule has 3 atom stereocenters. The first kappa shape index (κ1) is 13.0. The lowest BCUT2D eigenvalue weighted by Crippen LogP contribution is -2.33. The Bertz CT molecular complexity index is 392. The summed E-state index contributed by atoms with van der Waals surface area (Å²) in [5.41, 5.74) is 7.84. The summed E-state index contributed by atoms with van der Waals surface area (Å²) in [4.78, 5) is 0. The topological polar surface area (TPSA) is 38.0 Å². The lowest BCUT2D eigenvalue weighted by molar-refractivity contribution is 0.276. The van der Waals surface area contributed by atoms with Gasteiger partial charge >= 0.3 is 0 Å². The summed E-state index contributed by atoms with van der Waals surface area (Å²) in [7, 11) is 0. The molecule has 0 amide bonds. The minimum atomic E-state index is 0.614. The molecule has 17 heavy (non-hydrogen) atoms. The van der Waals surface area contributed by atoms with E-state index in [1.165, 1.54) is 28.5 Å². The molecule has 0 heterocycles. The summed E-state index contributed by atoms with van der Waals surface area (Å²) in [6.45, 7) is 4.72. The maximum Gasteiger partial charge on any atom is 0.0479 e. The molecule has 0 radical (unpaired) electrons. The number of nitrogen functional groups attached to an aromatic ring is 1. The van der Waals surface area contributed by atoms with E-state index >= 15 is 0 Å². The number of rotatable bonds is 2. The van der Waals surface area contributed by atoms with Gasteiger partial charge in [-0.1, -0.05) is 13.8 Å². The summed E-state index contributed by atoms with van der Waals surface area (Å²) in [6.07, 6.45) is 3.96. The summed E-state index contributed by atoms with van der Waals surface area (Å²) >= 11 is 2.35. The second-order valence-electron chi connectivity index (χ2n) is 5.39. The highest BCUT2D eigenvalue weighted by Gasteiger charge is 2.25. The van der Waals surface area contributed by atoms with Crippen molar-refractivity contribution in [1.82, 2.24) is 0 Å². The molecule has 1 saturated carbocycles. The molecule has 1 aromatic carbocycles. The quantitative estimate of drug-likeness (QED) is 0.626. The van der Waals surface area contributed by atoms with Crippen LogP contribution in [0, 0.1) is 15.4 Å². The highest BCUT2D eigenvalue weighted by Crippen LogP contribution is 2.32. The van der Waals surface area contributed by atoms with Gasteiger partial charge in [0, 0.05) is 21.0 Å². The van der Waals surface area contributed by atoms with E-state index < -0.39 is 0 Å². The molecule has 2 nitrogen and oxygen atoms in total. The van der Waals surface area contributed by atoms with Gasteiger partial charge in [0.2, 0.25) is 0 Å². The number of halogens is 1. The third-order valence-electron chi connectivity index (χ3n) is 3.77. The molecule has 1 aliphatic carbocycles. The van der Waals surface area contributed by atoms with Crippen LogP contribution in [0.2, 0.25) is 0 Å². The molecule has 94 valence electrons. The lowest BCUT2D eigenvalue weighted by atomic mass is 9.80. The largest absolute Gasteiger partial charge is 0.399 e. The van der Waals surface area contributed by atoms with Crippen molar-refractivity contribution in [2.45, 2.75) is 39.2 Å². The normalized spacial score (nSPS) is 29.0. The molecular weight excluding hydrogens is 323 g/mol. The van der Waals surface area contributed by atoms with Crippen molar-refractivity contribution in [3.8, 4) is 0 Å². The minimum Gasteiger partial charge on any atom is -0.399 e. The Balaban J connectivity index is 2.05. The van der Waals surface area contributed by atoms with E-state index in [4.69, 9.17) is 5.73 Å². The van der Waals surface area contributed by atoms with Crippen molar-refractivity contribution < 1.29 is 0 Å². The van der Waals surface area contributed by atoms with Gasteiger partial charge in [-0.3, -0.25) is 0 Å². The molecule has 1 aliphatic rings. The van der Waals surface area contributed by atoms with Crippen molar-refractivity contribution in [2.24, 2.45) is 11.8 Å². The number of nitrogens with one attached hydrogen (secondary N) is 1. The first-order valence-corrected chi connectivity index (χ1v) is 7.45. The van der Waals surface area contributed by atoms with Gasteiger partial charge in [-0.15, -0.1) is 0 Å². The van der Waals surface area contributed by atoms with Gasteiger partial charge in [-0.05, 0) is 71.9 Å². The predicted octanol–water partition coefficient (Wildman–Crippen LogP) is 4.11. The molecule has 3 heteroatoms. The van der Waals surface area contributed by atoms with Gasteiger partial charge in [-0.25, -0.2) is 0 Å². The summed E-state index contributed by atoms with van der Waals surface area (Å²) in [6, 6.07) is 6.71. The van der Waals surface area contributed by atoms with Gasteiger partial charge in [-0.2, -0.15) is 0 Å². The smallest absolute Gasteiger partial charge is 0.0479 e. The van der Waals surface area contributed by atoms with E-state index in [1.807, 2.05) is 12.1 Å². The van der Waals surface area contributed by atoms with Crippen molar-refractivity contribution in [2.75, 3.05) is 11.1 Å². The average molecular weight is 344 g/mol. The monoisotopic (exact) mass is 344 g/mol. The highest BCUT2D eigenvalue weighted by atomic mass is 127. The first-order chi connectivity index (χ1) is 8.06. The Kier molecular flexibility index (Phi) is 4.17. The Morgan fingerprint density at radius 1 is 1.29 bits per heavy atom. The molecule has 0 aliphatic heterocycles. The van der Waals surface area contributed by atoms with E-state index in [0.29, 0.717) is 6.04 Å².